The minimum absolute atomic E-state index is 0. The molecule has 0 aliphatic rings. The lowest BCUT2D eigenvalue weighted by molar-refractivity contribution is 0.0468. The van der Waals surface area contributed by atoms with Crippen LogP contribution in [0, 0.1) is 0 Å². The highest BCUT2D eigenvalue weighted by molar-refractivity contribution is 6.60. The van der Waals surface area contributed by atoms with E-state index in [1.54, 1.807) is 12.1 Å². The van der Waals surface area contributed by atoms with E-state index in [0.717, 1.165) is 0 Å². The molecule has 0 radical (unpaired) electrons. The monoisotopic (exact) mass is 343 g/mol. The highest BCUT2D eigenvalue weighted by Gasteiger charge is 2.39. The number of carbonyl (C=O) groups excluding carboxylic acids is 1. The minimum atomic E-state index is -2.64. The number of carbonyl (C=O) groups is 1. The molecule has 1 rings (SSSR count). The second-order valence-electron chi connectivity index (χ2n) is 4.59. The summed E-state index contributed by atoms with van der Waals surface area (Å²) in [6.45, 7) is 7.76. The molecule has 1 aromatic rings. The fourth-order valence-corrected chi connectivity index (χ4v) is 4.69. The van der Waals surface area contributed by atoms with Crippen molar-refractivity contribution < 1.29 is 22.8 Å². The lowest BCUT2D eigenvalue weighted by Gasteiger charge is -2.28. The number of hydrogen-bond acceptors (Lipinski definition) is 6. The van der Waals surface area contributed by atoms with Gasteiger partial charge in [0, 0.05) is 25.9 Å². The van der Waals surface area contributed by atoms with Crippen LogP contribution in [-0.2, 0) is 18.0 Å². The van der Waals surface area contributed by atoms with Crippen LogP contribution in [0.15, 0.2) is 30.3 Å². The molecule has 0 aliphatic heterocycles. The second kappa shape index (κ2) is 12.2. The maximum Gasteiger partial charge on any atom is 0.501 e. The highest BCUT2D eigenvalue weighted by Crippen LogP contribution is 2.18. The first-order chi connectivity index (χ1) is 10.7. The molecule has 0 aliphatic carbocycles. The number of esters is 1. The summed E-state index contributed by atoms with van der Waals surface area (Å²) in [5.41, 5.74) is 0.561. The van der Waals surface area contributed by atoms with E-state index < -0.39 is 8.80 Å². The molecule has 0 saturated heterocycles. The van der Waals surface area contributed by atoms with E-state index in [4.69, 9.17) is 18.0 Å². The normalized spacial score (nSPS) is 10.9. The van der Waals surface area contributed by atoms with Crippen molar-refractivity contribution in [3.05, 3.63) is 35.9 Å². The summed E-state index contributed by atoms with van der Waals surface area (Å²) >= 11 is 0. The van der Waals surface area contributed by atoms with Gasteiger partial charge in [-0.05, 0) is 39.3 Å². The Bertz CT molecular complexity index is 413. The molecule has 132 valence electrons. The second-order valence-corrected chi connectivity index (χ2v) is 7.32. The van der Waals surface area contributed by atoms with Crippen LogP contribution in [-0.4, -0.2) is 41.2 Å². The van der Waals surface area contributed by atoms with Gasteiger partial charge in [-0.15, -0.1) is 0 Å². The third-order valence-corrected chi connectivity index (χ3v) is 6.11. The quantitative estimate of drug-likeness (QED) is 0.376. The molecule has 3 N–H and O–H groups in total. The highest BCUT2D eigenvalue weighted by atomic mass is 28.4. The first-order valence-electron chi connectivity index (χ1n) is 7.81. The first-order valence-corrected chi connectivity index (χ1v) is 9.74. The summed E-state index contributed by atoms with van der Waals surface area (Å²) in [5, 5.41) is 0. The summed E-state index contributed by atoms with van der Waals surface area (Å²) in [7, 11) is -2.64. The largest absolute Gasteiger partial charge is 0.501 e. The Labute approximate surface area is 140 Å². The van der Waals surface area contributed by atoms with Crippen LogP contribution in [0.1, 0.15) is 37.6 Å². The van der Waals surface area contributed by atoms with E-state index in [2.05, 4.69) is 0 Å². The number of ether oxygens (including phenoxy) is 1. The zero-order chi connectivity index (χ0) is 16.3. The van der Waals surface area contributed by atoms with Gasteiger partial charge >= 0.3 is 14.8 Å². The summed E-state index contributed by atoms with van der Waals surface area (Å²) in [6.07, 6.45) is 0.658. The van der Waals surface area contributed by atoms with Crippen molar-refractivity contribution >= 4 is 14.8 Å². The zero-order valence-electron chi connectivity index (χ0n) is 14.4. The Morgan fingerprint density at radius 3 is 1.96 bits per heavy atom. The molecule has 0 unspecified atom stereocenters. The SMILES string of the molecule is CCO[Si](CCCOC(=O)c1ccccc1)(OCC)OCC.N. The summed E-state index contributed by atoms with van der Waals surface area (Å²) in [5.74, 6) is -0.308. The van der Waals surface area contributed by atoms with Gasteiger partial charge < -0.3 is 24.2 Å². The van der Waals surface area contributed by atoms with Gasteiger partial charge in [-0.1, -0.05) is 18.2 Å². The number of hydrogen-bond donors (Lipinski definition) is 1. The molecule has 0 bridgehead atoms. The maximum absolute atomic E-state index is 11.8. The summed E-state index contributed by atoms with van der Waals surface area (Å²) < 4.78 is 22.5. The van der Waals surface area contributed by atoms with E-state index in [9.17, 15) is 4.79 Å². The fraction of sp³-hybridized carbons (Fsp3) is 0.562. The van der Waals surface area contributed by atoms with Crippen molar-refractivity contribution in [1.29, 1.82) is 0 Å². The van der Waals surface area contributed by atoms with E-state index in [1.165, 1.54) is 0 Å². The number of benzene rings is 1. The van der Waals surface area contributed by atoms with E-state index in [1.807, 2.05) is 39.0 Å². The smallest absolute Gasteiger partial charge is 0.462 e. The Morgan fingerprint density at radius 2 is 1.48 bits per heavy atom. The van der Waals surface area contributed by atoms with E-state index in [-0.39, 0.29) is 12.1 Å². The Balaban J connectivity index is 0.00000484. The third kappa shape index (κ3) is 7.71. The lowest BCUT2D eigenvalue weighted by Crippen LogP contribution is -2.46. The van der Waals surface area contributed by atoms with Gasteiger partial charge in [-0.3, -0.25) is 0 Å². The molecular formula is C16H29NO5Si. The van der Waals surface area contributed by atoms with Crippen molar-refractivity contribution in [2.45, 2.75) is 33.2 Å². The average molecular weight is 343 g/mol. The summed E-state index contributed by atoms with van der Waals surface area (Å²) in [6, 6.07) is 9.61. The van der Waals surface area contributed by atoms with Crippen LogP contribution in [0.4, 0.5) is 0 Å². The van der Waals surface area contributed by atoms with Crippen LogP contribution in [0.5, 0.6) is 0 Å². The van der Waals surface area contributed by atoms with Crippen LogP contribution >= 0.6 is 0 Å². The van der Waals surface area contributed by atoms with E-state index >= 15 is 0 Å². The number of rotatable bonds is 11. The minimum Gasteiger partial charge on any atom is -0.462 e. The predicted octanol–water partition coefficient (Wildman–Crippen LogP) is 3.44. The third-order valence-electron chi connectivity index (χ3n) is 2.96. The van der Waals surface area contributed by atoms with Crippen LogP contribution < -0.4 is 6.15 Å². The molecule has 0 atom stereocenters. The molecule has 23 heavy (non-hydrogen) atoms. The van der Waals surface area contributed by atoms with Gasteiger partial charge in [0.15, 0.2) is 0 Å². The lowest BCUT2D eigenvalue weighted by atomic mass is 10.2. The average Bonchev–Trinajstić information content (AvgIpc) is 2.53. The molecular weight excluding hydrogens is 314 g/mol. The van der Waals surface area contributed by atoms with Crippen molar-refractivity contribution in [2.24, 2.45) is 0 Å². The van der Waals surface area contributed by atoms with E-state index in [0.29, 0.717) is 44.5 Å². The molecule has 0 saturated carbocycles. The molecule has 6 nitrogen and oxygen atoms in total. The van der Waals surface area contributed by atoms with Gasteiger partial charge in [0.2, 0.25) is 0 Å². The van der Waals surface area contributed by atoms with Crippen molar-refractivity contribution in [1.82, 2.24) is 6.15 Å². The van der Waals surface area contributed by atoms with Crippen molar-refractivity contribution in [3.63, 3.8) is 0 Å². The van der Waals surface area contributed by atoms with Gasteiger partial charge in [0.25, 0.3) is 0 Å². The van der Waals surface area contributed by atoms with Crippen LogP contribution in [0.25, 0.3) is 0 Å². The van der Waals surface area contributed by atoms with Crippen molar-refractivity contribution in [3.8, 4) is 0 Å². The maximum atomic E-state index is 11.8. The van der Waals surface area contributed by atoms with Crippen LogP contribution in [0.3, 0.4) is 0 Å². The van der Waals surface area contributed by atoms with Gasteiger partial charge in [-0.2, -0.15) is 0 Å². The summed E-state index contributed by atoms with van der Waals surface area (Å²) in [4.78, 5) is 11.8. The molecule has 0 heterocycles. The van der Waals surface area contributed by atoms with Gasteiger partial charge in [0.1, 0.15) is 0 Å². The topological polar surface area (TPSA) is 89.0 Å². The molecule has 0 spiro atoms. The standard InChI is InChI=1S/C16H26O5Si.H3N/c1-4-19-22(20-5-2,21-6-3)14-10-13-18-16(17)15-11-8-7-9-12-15;/h7-9,11-12H,4-6,10,13-14H2,1-3H3;1H3. The Hall–Kier alpha value is -1.25. The van der Waals surface area contributed by atoms with Crippen molar-refractivity contribution in [2.75, 3.05) is 26.4 Å². The van der Waals surface area contributed by atoms with Crippen LogP contribution in [0.2, 0.25) is 6.04 Å². The predicted molar refractivity (Wildman–Crippen MR) is 91.8 cm³/mol. The van der Waals surface area contributed by atoms with Gasteiger partial charge in [-0.25, -0.2) is 4.79 Å². The zero-order valence-corrected chi connectivity index (χ0v) is 15.4. The fourth-order valence-electron chi connectivity index (χ4n) is 2.11. The molecule has 0 fully saturated rings. The molecule has 1 aromatic carbocycles. The molecule has 7 heteroatoms. The first kappa shape index (κ1) is 21.7. The van der Waals surface area contributed by atoms with Gasteiger partial charge in [0.05, 0.1) is 12.2 Å². The Kier molecular flexibility index (Phi) is 11.5. The Morgan fingerprint density at radius 1 is 0.957 bits per heavy atom. The molecule has 0 aromatic heterocycles. The molecule has 0 amide bonds.